The molecule has 0 bridgehead atoms. The second-order valence-electron chi connectivity index (χ2n) is 4.81. The van der Waals surface area contributed by atoms with E-state index in [0.29, 0.717) is 6.42 Å². The molecule has 0 radical (unpaired) electrons. The van der Waals surface area contributed by atoms with Crippen LogP contribution in [0.2, 0.25) is 0 Å². The van der Waals surface area contributed by atoms with Gasteiger partial charge in [0.1, 0.15) is 0 Å². The molecule has 0 fully saturated rings. The molecule has 1 aromatic rings. The molecule has 17 heavy (non-hydrogen) atoms. The van der Waals surface area contributed by atoms with Gasteiger partial charge in [-0.1, -0.05) is 0 Å². The highest BCUT2D eigenvalue weighted by molar-refractivity contribution is 5.92. The van der Waals surface area contributed by atoms with Gasteiger partial charge in [0.15, 0.2) is 0 Å². The van der Waals surface area contributed by atoms with Crippen LogP contribution in [-0.2, 0) is 4.79 Å². The van der Waals surface area contributed by atoms with Crippen molar-refractivity contribution in [2.24, 2.45) is 5.73 Å². The van der Waals surface area contributed by atoms with Crippen LogP contribution < -0.4 is 11.1 Å². The predicted octanol–water partition coefficient (Wildman–Crippen LogP) is 1.76. The van der Waals surface area contributed by atoms with E-state index in [2.05, 4.69) is 24.3 Å². The summed E-state index contributed by atoms with van der Waals surface area (Å²) >= 11 is 0. The highest BCUT2D eigenvalue weighted by Gasteiger charge is 2.15. The molecule has 0 saturated heterocycles. The molecule has 1 atom stereocenters. The number of anilines is 1. The predicted molar refractivity (Wildman–Crippen MR) is 69.0 cm³/mol. The Labute approximate surface area is 102 Å². The molecule has 3 N–H and O–H groups in total. The Kier molecular flexibility index (Phi) is 4.28. The lowest BCUT2D eigenvalue weighted by Crippen LogP contribution is -2.24. The smallest absolute Gasteiger partial charge is 0.226 e. The van der Waals surface area contributed by atoms with Gasteiger partial charge in [-0.05, 0) is 34.6 Å². The number of nitrogens with zero attached hydrogens (tertiary/aromatic N) is 2. The fourth-order valence-electron chi connectivity index (χ4n) is 1.83. The normalized spacial score (nSPS) is 12.9. The van der Waals surface area contributed by atoms with Gasteiger partial charge in [-0.3, -0.25) is 9.48 Å². The Morgan fingerprint density at radius 2 is 2.00 bits per heavy atom. The molecule has 0 aliphatic carbocycles. The van der Waals surface area contributed by atoms with Crippen molar-refractivity contribution in [2.75, 3.05) is 5.32 Å². The van der Waals surface area contributed by atoms with Crippen LogP contribution in [0.15, 0.2) is 0 Å². The number of aryl methyl sites for hydroxylation is 1. The molecule has 1 heterocycles. The van der Waals surface area contributed by atoms with Gasteiger partial charge >= 0.3 is 0 Å². The van der Waals surface area contributed by atoms with Gasteiger partial charge in [-0.2, -0.15) is 5.10 Å². The third-order valence-corrected chi connectivity index (χ3v) is 2.59. The molecule has 0 aliphatic heterocycles. The first-order valence-electron chi connectivity index (χ1n) is 5.94. The Morgan fingerprint density at radius 1 is 1.41 bits per heavy atom. The zero-order valence-electron chi connectivity index (χ0n) is 11.2. The zero-order valence-corrected chi connectivity index (χ0v) is 11.2. The van der Waals surface area contributed by atoms with Crippen molar-refractivity contribution in [3.8, 4) is 0 Å². The highest BCUT2D eigenvalue weighted by atomic mass is 16.1. The lowest BCUT2D eigenvalue weighted by atomic mass is 10.2. The maximum Gasteiger partial charge on any atom is 0.226 e. The zero-order chi connectivity index (χ0) is 13.2. The van der Waals surface area contributed by atoms with E-state index in [1.807, 2.05) is 25.5 Å². The Hall–Kier alpha value is -1.36. The van der Waals surface area contributed by atoms with E-state index >= 15 is 0 Å². The summed E-state index contributed by atoms with van der Waals surface area (Å²) in [5.74, 6) is -0.0606. The van der Waals surface area contributed by atoms with Crippen molar-refractivity contribution in [3.05, 3.63) is 11.4 Å². The summed E-state index contributed by atoms with van der Waals surface area (Å²) in [5, 5.41) is 7.30. The standard InChI is InChI=1S/C12H22N4O/c1-7(2)16-10(5)12(9(4)15-16)14-11(17)6-8(3)13/h7-8H,6,13H2,1-5H3,(H,14,17). The van der Waals surface area contributed by atoms with Crippen LogP contribution in [0.3, 0.4) is 0 Å². The van der Waals surface area contributed by atoms with Crippen molar-refractivity contribution in [3.63, 3.8) is 0 Å². The van der Waals surface area contributed by atoms with Gasteiger partial charge in [0.2, 0.25) is 5.91 Å². The van der Waals surface area contributed by atoms with E-state index < -0.39 is 0 Å². The third kappa shape index (κ3) is 3.30. The second-order valence-corrected chi connectivity index (χ2v) is 4.81. The Morgan fingerprint density at radius 3 is 2.41 bits per heavy atom. The average molecular weight is 238 g/mol. The molecule has 5 nitrogen and oxygen atoms in total. The summed E-state index contributed by atoms with van der Waals surface area (Å²) in [7, 11) is 0. The largest absolute Gasteiger partial charge is 0.327 e. The van der Waals surface area contributed by atoms with E-state index in [-0.39, 0.29) is 18.0 Å². The van der Waals surface area contributed by atoms with Crippen molar-refractivity contribution < 1.29 is 4.79 Å². The van der Waals surface area contributed by atoms with Crippen molar-refractivity contribution in [2.45, 2.75) is 53.1 Å². The lowest BCUT2D eigenvalue weighted by molar-refractivity contribution is -0.116. The highest BCUT2D eigenvalue weighted by Crippen LogP contribution is 2.22. The number of amides is 1. The number of carbonyl (C=O) groups is 1. The first-order valence-corrected chi connectivity index (χ1v) is 5.94. The van der Waals surface area contributed by atoms with Crippen LogP contribution in [0.4, 0.5) is 5.69 Å². The first-order chi connectivity index (χ1) is 7.82. The summed E-state index contributed by atoms with van der Waals surface area (Å²) in [6.45, 7) is 9.80. The summed E-state index contributed by atoms with van der Waals surface area (Å²) < 4.78 is 1.91. The average Bonchev–Trinajstić information content (AvgIpc) is 2.44. The van der Waals surface area contributed by atoms with Crippen molar-refractivity contribution in [1.29, 1.82) is 0 Å². The number of nitrogens with two attached hydrogens (primary N) is 1. The first kappa shape index (κ1) is 13.7. The third-order valence-electron chi connectivity index (χ3n) is 2.59. The van der Waals surface area contributed by atoms with E-state index in [4.69, 9.17) is 5.73 Å². The van der Waals surface area contributed by atoms with E-state index in [1.54, 1.807) is 0 Å². The molecule has 96 valence electrons. The number of hydrogen-bond donors (Lipinski definition) is 2. The minimum Gasteiger partial charge on any atom is -0.327 e. The Balaban J connectivity index is 2.88. The summed E-state index contributed by atoms with van der Waals surface area (Å²) in [6, 6.07) is 0.156. The quantitative estimate of drug-likeness (QED) is 0.839. The van der Waals surface area contributed by atoms with E-state index in [9.17, 15) is 4.79 Å². The molecule has 1 aromatic heterocycles. The topological polar surface area (TPSA) is 72.9 Å². The van der Waals surface area contributed by atoms with E-state index in [1.165, 1.54) is 0 Å². The van der Waals surface area contributed by atoms with Gasteiger partial charge in [-0.25, -0.2) is 0 Å². The molecule has 0 spiro atoms. The molecular weight excluding hydrogens is 216 g/mol. The fourth-order valence-corrected chi connectivity index (χ4v) is 1.83. The molecule has 1 unspecified atom stereocenters. The number of carbonyl (C=O) groups excluding carboxylic acids is 1. The maximum atomic E-state index is 11.7. The molecule has 0 saturated carbocycles. The minimum atomic E-state index is -0.129. The molecule has 0 aromatic carbocycles. The molecule has 1 rings (SSSR count). The Bertz CT molecular complexity index is 407. The minimum absolute atomic E-state index is 0.0606. The van der Waals surface area contributed by atoms with Crippen LogP contribution in [0.25, 0.3) is 0 Å². The molecule has 1 amide bonds. The van der Waals surface area contributed by atoms with Gasteiger partial charge in [-0.15, -0.1) is 0 Å². The number of nitrogens with one attached hydrogen (secondary N) is 1. The van der Waals surface area contributed by atoms with Crippen molar-refractivity contribution in [1.82, 2.24) is 9.78 Å². The van der Waals surface area contributed by atoms with Crippen LogP contribution in [0.5, 0.6) is 0 Å². The van der Waals surface area contributed by atoms with Crippen LogP contribution in [0.1, 0.15) is 44.6 Å². The fraction of sp³-hybridized carbons (Fsp3) is 0.667. The second kappa shape index (κ2) is 5.31. The summed E-state index contributed by atoms with van der Waals surface area (Å²) in [4.78, 5) is 11.7. The summed E-state index contributed by atoms with van der Waals surface area (Å²) in [5.41, 5.74) is 8.23. The number of rotatable bonds is 4. The van der Waals surface area contributed by atoms with Crippen LogP contribution >= 0.6 is 0 Å². The number of aromatic nitrogens is 2. The lowest BCUT2D eigenvalue weighted by Gasteiger charge is -2.10. The van der Waals surface area contributed by atoms with Gasteiger partial charge < -0.3 is 11.1 Å². The van der Waals surface area contributed by atoms with Crippen LogP contribution in [0, 0.1) is 13.8 Å². The molecule has 5 heteroatoms. The van der Waals surface area contributed by atoms with Crippen LogP contribution in [-0.4, -0.2) is 21.7 Å². The van der Waals surface area contributed by atoms with Gasteiger partial charge in [0, 0.05) is 18.5 Å². The van der Waals surface area contributed by atoms with E-state index in [0.717, 1.165) is 17.1 Å². The SMILES string of the molecule is Cc1nn(C(C)C)c(C)c1NC(=O)CC(C)N. The number of hydrogen-bond acceptors (Lipinski definition) is 3. The maximum absolute atomic E-state index is 11.7. The monoisotopic (exact) mass is 238 g/mol. The van der Waals surface area contributed by atoms with Gasteiger partial charge in [0.25, 0.3) is 0 Å². The molecule has 0 aliphatic rings. The van der Waals surface area contributed by atoms with Gasteiger partial charge in [0.05, 0.1) is 17.1 Å². The summed E-state index contributed by atoms with van der Waals surface area (Å²) in [6.07, 6.45) is 0.325. The van der Waals surface area contributed by atoms with Crippen molar-refractivity contribution >= 4 is 11.6 Å². The molecular formula is C12H22N4O.